The molecular formula is C30H27F4N7S. The van der Waals surface area contributed by atoms with E-state index in [4.69, 9.17) is 4.98 Å². The number of benzene rings is 3. The number of anilines is 3. The summed E-state index contributed by atoms with van der Waals surface area (Å²) in [7, 11) is 2.11. The topological polar surface area (TPSA) is 62.1 Å². The molecule has 2 aliphatic rings. The standard InChI is InChI=1S/C30H27F4N7S/c1-39-12-14-40(15-13-39)25-17-26-24(35-27(41(26)22-10-11-22)18-4-8-21(31)9-5-18)16-23(25)36-29-38-37-28(42-29)19-2-6-20(7-3-19)30(32,33)34/h2-9,16-17,22H,10-15H2,1H3,(H,36,38). The van der Waals surface area contributed by atoms with Gasteiger partial charge in [-0.05, 0) is 68.4 Å². The van der Waals surface area contributed by atoms with Gasteiger partial charge in [0.2, 0.25) is 5.13 Å². The van der Waals surface area contributed by atoms with Gasteiger partial charge in [-0.3, -0.25) is 0 Å². The molecule has 1 N–H and O–H groups in total. The average Bonchev–Trinajstić information content (AvgIpc) is 3.59. The molecule has 1 aliphatic carbocycles. The van der Waals surface area contributed by atoms with Crippen molar-refractivity contribution in [2.24, 2.45) is 0 Å². The summed E-state index contributed by atoms with van der Waals surface area (Å²) >= 11 is 1.27. The van der Waals surface area contributed by atoms with Gasteiger partial charge in [0, 0.05) is 43.3 Å². The molecule has 1 saturated carbocycles. The number of piperazine rings is 1. The third-order valence-electron chi connectivity index (χ3n) is 7.79. The number of halogens is 4. The highest BCUT2D eigenvalue weighted by atomic mass is 32.1. The minimum atomic E-state index is -4.40. The first-order valence-electron chi connectivity index (χ1n) is 13.8. The summed E-state index contributed by atoms with van der Waals surface area (Å²) in [4.78, 5) is 9.65. The molecule has 2 aromatic heterocycles. The molecule has 0 unspecified atom stereocenters. The van der Waals surface area contributed by atoms with Crippen molar-refractivity contribution < 1.29 is 17.6 Å². The lowest BCUT2D eigenvalue weighted by Gasteiger charge is -2.35. The van der Waals surface area contributed by atoms with E-state index in [-0.39, 0.29) is 5.82 Å². The van der Waals surface area contributed by atoms with Gasteiger partial charge in [0.05, 0.1) is 28.0 Å². The highest BCUT2D eigenvalue weighted by Crippen LogP contribution is 2.44. The van der Waals surface area contributed by atoms with Crippen LogP contribution >= 0.6 is 11.3 Å². The highest BCUT2D eigenvalue weighted by Gasteiger charge is 2.31. The van der Waals surface area contributed by atoms with Gasteiger partial charge in [-0.1, -0.05) is 23.5 Å². The number of imidazole rings is 1. The fourth-order valence-electron chi connectivity index (χ4n) is 5.35. The number of rotatable bonds is 6. The Morgan fingerprint density at radius 2 is 1.57 bits per heavy atom. The molecule has 0 spiro atoms. The van der Waals surface area contributed by atoms with Crippen LogP contribution in [0.1, 0.15) is 24.4 Å². The number of nitrogens with one attached hydrogen (secondary N) is 1. The SMILES string of the molecule is CN1CCN(c2cc3c(cc2Nc2nnc(-c4ccc(C(F)(F)F)cc4)s2)nc(-c2ccc(F)cc2)n3C2CC2)CC1. The number of nitrogens with zero attached hydrogens (tertiary/aromatic N) is 6. The Kier molecular flexibility index (Phi) is 6.62. The summed E-state index contributed by atoms with van der Waals surface area (Å²) < 4.78 is 55.0. The summed E-state index contributed by atoms with van der Waals surface area (Å²) in [5.41, 5.74) is 4.41. The van der Waals surface area contributed by atoms with Crippen LogP contribution < -0.4 is 10.2 Å². The zero-order valence-electron chi connectivity index (χ0n) is 22.7. The van der Waals surface area contributed by atoms with E-state index in [1.165, 1.54) is 35.6 Å². The van der Waals surface area contributed by atoms with Crippen molar-refractivity contribution in [2.75, 3.05) is 43.4 Å². The van der Waals surface area contributed by atoms with Gasteiger partial charge in [-0.25, -0.2) is 9.37 Å². The van der Waals surface area contributed by atoms with Gasteiger partial charge in [-0.15, -0.1) is 10.2 Å². The molecule has 2 fully saturated rings. The van der Waals surface area contributed by atoms with Gasteiger partial charge in [0.25, 0.3) is 0 Å². The molecule has 42 heavy (non-hydrogen) atoms. The molecule has 12 heteroatoms. The number of aromatic nitrogens is 4. The first-order valence-corrected chi connectivity index (χ1v) is 14.6. The Morgan fingerprint density at radius 1 is 0.881 bits per heavy atom. The zero-order valence-corrected chi connectivity index (χ0v) is 23.5. The second kappa shape index (κ2) is 10.4. The summed E-state index contributed by atoms with van der Waals surface area (Å²) in [5.74, 6) is 0.527. The number of alkyl halides is 3. The van der Waals surface area contributed by atoms with Crippen LogP contribution in [-0.2, 0) is 6.18 Å². The molecule has 216 valence electrons. The van der Waals surface area contributed by atoms with Crippen LogP contribution in [0.15, 0.2) is 60.7 Å². The molecule has 0 amide bonds. The minimum absolute atomic E-state index is 0.288. The van der Waals surface area contributed by atoms with E-state index in [9.17, 15) is 17.6 Å². The minimum Gasteiger partial charge on any atom is -0.367 e. The normalized spacial score (nSPS) is 16.4. The lowest BCUT2D eigenvalue weighted by atomic mass is 10.1. The predicted molar refractivity (Wildman–Crippen MR) is 157 cm³/mol. The Hall–Kier alpha value is -4.03. The Morgan fingerprint density at radius 3 is 2.24 bits per heavy atom. The zero-order chi connectivity index (χ0) is 29.0. The first kappa shape index (κ1) is 26.8. The van der Waals surface area contributed by atoms with Crippen LogP contribution in [0.25, 0.3) is 33.0 Å². The van der Waals surface area contributed by atoms with Gasteiger partial charge in [0.15, 0.2) is 0 Å². The predicted octanol–water partition coefficient (Wildman–Crippen LogP) is 7.21. The summed E-state index contributed by atoms with van der Waals surface area (Å²) in [6, 6.07) is 15.9. The molecule has 1 saturated heterocycles. The molecule has 1 aliphatic heterocycles. The van der Waals surface area contributed by atoms with Crippen LogP contribution in [0.3, 0.4) is 0 Å². The molecule has 3 aromatic carbocycles. The molecule has 5 aromatic rings. The van der Waals surface area contributed by atoms with Crippen molar-refractivity contribution in [2.45, 2.75) is 25.1 Å². The highest BCUT2D eigenvalue weighted by molar-refractivity contribution is 7.18. The van der Waals surface area contributed by atoms with Crippen molar-refractivity contribution >= 4 is 38.9 Å². The fraction of sp³-hybridized carbons (Fsp3) is 0.300. The Bertz CT molecular complexity index is 1730. The van der Waals surface area contributed by atoms with E-state index < -0.39 is 11.7 Å². The van der Waals surface area contributed by atoms with Crippen molar-refractivity contribution in [1.82, 2.24) is 24.6 Å². The third kappa shape index (κ3) is 5.20. The van der Waals surface area contributed by atoms with Crippen LogP contribution in [0.4, 0.5) is 34.1 Å². The van der Waals surface area contributed by atoms with E-state index in [0.29, 0.717) is 21.7 Å². The summed E-state index contributed by atoms with van der Waals surface area (Å²) in [6.45, 7) is 3.56. The maximum Gasteiger partial charge on any atom is 0.416 e. The summed E-state index contributed by atoms with van der Waals surface area (Å²) in [5, 5.41) is 13.0. The largest absolute Gasteiger partial charge is 0.416 e. The van der Waals surface area contributed by atoms with Crippen molar-refractivity contribution in [3.8, 4) is 22.0 Å². The Balaban J connectivity index is 1.27. The lowest BCUT2D eigenvalue weighted by Crippen LogP contribution is -2.44. The Labute approximate surface area is 243 Å². The van der Waals surface area contributed by atoms with Gasteiger partial charge in [-0.2, -0.15) is 13.2 Å². The average molecular weight is 594 g/mol. The molecule has 7 nitrogen and oxygen atoms in total. The van der Waals surface area contributed by atoms with Crippen LogP contribution in [0.2, 0.25) is 0 Å². The number of likely N-dealkylation sites (N-methyl/N-ethyl adjacent to an activating group) is 1. The van der Waals surface area contributed by atoms with E-state index in [2.05, 4.69) is 43.0 Å². The van der Waals surface area contributed by atoms with E-state index in [0.717, 1.165) is 84.9 Å². The molecule has 0 bridgehead atoms. The summed E-state index contributed by atoms with van der Waals surface area (Å²) in [6.07, 6.45) is -2.25. The maximum atomic E-state index is 13.7. The second-order valence-electron chi connectivity index (χ2n) is 10.8. The third-order valence-corrected chi connectivity index (χ3v) is 8.68. The van der Waals surface area contributed by atoms with Gasteiger partial charge < -0.3 is 19.7 Å². The first-order chi connectivity index (χ1) is 20.2. The quantitative estimate of drug-likeness (QED) is 0.210. The fourth-order valence-corrected chi connectivity index (χ4v) is 6.11. The maximum absolute atomic E-state index is 13.7. The van der Waals surface area contributed by atoms with Crippen LogP contribution in [0, 0.1) is 5.82 Å². The molecule has 3 heterocycles. The molecule has 7 rings (SSSR count). The van der Waals surface area contributed by atoms with Crippen LogP contribution in [0.5, 0.6) is 0 Å². The molecular weight excluding hydrogens is 566 g/mol. The lowest BCUT2D eigenvalue weighted by molar-refractivity contribution is -0.137. The van der Waals surface area contributed by atoms with Gasteiger partial charge in [0.1, 0.15) is 16.6 Å². The number of hydrogen-bond donors (Lipinski definition) is 1. The molecule has 0 atom stereocenters. The second-order valence-corrected chi connectivity index (χ2v) is 11.8. The number of fused-ring (bicyclic) bond motifs is 1. The van der Waals surface area contributed by atoms with Crippen molar-refractivity contribution in [3.63, 3.8) is 0 Å². The van der Waals surface area contributed by atoms with E-state index in [1.807, 2.05) is 6.07 Å². The van der Waals surface area contributed by atoms with Crippen LogP contribution in [-0.4, -0.2) is 57.9 Å². The van der Waals surface area contributed by atoms with Crippen molar-refractivity contribution in [1.29, 1.82) is 0 Å². The van der Waals surface area contributed by atoms with Gasteiger partial charge >= 0.3 is 6.18 Å². The van der Waals surface area contributed by atoms with Crippen molar-refractivity contribution in [3.05, 3.63) is 72.0 Å². The molecule has 0 radical (unpaired) electrons. The van der Waals surface area contributed by atoms with E-state index in [1.54, 1.807) is 12.1 Å². The monoisotopic (exact) mass is 593 g/mol. The number of hydrogen-bond acceptors (Lipinski definition) is 7. The smallest absolute Gasteiger partial charge is 0.367 e. The van der Waals surface area contributed by atoms with E-state index >= 15 is 0 Å².